The van der Waals surface area contributed by atoms with Crippen molar-refractivity contribution in [2.45, 2.75) is 51.4 Å². The predicted octanol–water partition coefficient (Wildman–Crippen LogP) is 4.08. The lowest BCUT2D eigenvalue weighted by Crippen LogP contribution is -2.50. The second kappa shape index (κ2) is 13.0. The number of rotatable bonds is 9. The number of hydrogen-bond donors (Lipinski definition) is 2. The number of carbonyl (C=O) groups excluding carboxylic acids is 1. The molecule has 2 fully saturated rings. The van der Waals surface area contributed by atoms with Gasteiger partial charge in [0.25, 0.3) is 5.91 Å². The van der Waals surface area contributed by atoms with Crippen LogP contribution < -0.4 is 14.8 Å². The van der Waals surface area contributed by atoms with E-state index in [9.17, 15) is 34.8 Å². The minimum absolute atomic E-state index is 0.000101. The zero-order chi connectivity index (χ0) is 33.3. The van der Waals surface area contributed by atoms with E-state index in [-0.39, 0.29) is 49.0 Å². The molecule has 0 bridgehead atoms. The van der Waals surface area contributed by atoms with Crippen molar-refractivity contribution < 1.29 is 44.3 Å². The third kappa shape index (κ3) is 8.08. The summed E-state index contributed by atoms with van der Waals surface area (Å²) >= 11 is 0. The minimum Gasteiger partial charge on any atom is -0.406 e. The molecular formula is C30H35F3N4O7S2. The molecule has 16 heteroatoms. The molecule has 2 saturated heterocycles. The fraction of sp³-hybridized carbons (Fsp3) is 0.467. The van der Waals surface area contributed by atoms with Crippen LogP contribution in [0.15, 0.2) is 46.8 Å². The number of halogens is 3. The molecule has 250 valence electrons. The fourth-order valence-electron chi connectivity index (χ4n) is 5.92. The number of anilines is 1. The largest absolute Gasteiger partial charge is 0.573 e. The van der Waals surface area contributed by atoms with Crippen LogP contribution in [0.5, 0.6) is 5.75 Å². The summed E-state index contributed by atoms with van der Waals surface area (Å²) < 4.78 is 103. The highest BCUT2D eigenvalue weighted by atomic mass is 32.2. The van der Waals surface area contributed by atoms with E-state index in [1.165, 1.54) is 22.5 Å². The molecule has 0 saturated carbocycles. The molecule has 3 heterocycles. The fourth-order valence-corrected chi connectivity index (χ4v) is 8.61. The second-order valence-corrected chi connectivity index (χ2v) is 15.3. The van der Waals surface area contributed by atoms with Gasteiger partial charge in [0.05, 0.1) is 5.75 Å². The summed E-state index contributed by atoms with van der Waals surface area (Å²) in [5.74, 6) is -0.783. The van der Waals surface area contributed by atoms with Gasteiger partial charge in [0.1, 0.15) is 17.1 Å². The molecule has 3 aliphatic heterocycles. The minimum atomic E-state index is -4.88. The highest BCUT2D eigenvalue weighted by Crippen LogP contribution is 2.33. The third-order valence-electron chi connectivity index (χ3n) is 8.30. The number of nitrogens with one attached hydrogen (secondary N) is 2. The number of amides is 1. The van der Waals surface area contributed by atoms with Crippen molar-refractivity contribution in [3.63, 3.8) is 0 Å². The van der Waals surface area contributed by atoms with Crippen molar-refractivity contribution in [3.05, 3.63) is 64.1 Å². The number of ether oxygens (including phenoxy) is 2. The van der Waals surface area contributed by atoms with Crippen LogP contribution in [-0.2, 0) is 29.6 Å². The van der Waals surface area contributed by atoms with E-state index in [0.717, 1.165) is 17.5 Å². The Hall–Kier alpha value is -3.47. The Balaban J connectivity index is 1.23. The van der Waals surface area contributed by atoms with Crippen molar-refractivity contribution in [3.8, 4) is 5.75 Å². The lowest BCUT2D eigenvalue weighted by Gasteiger charge is -2.34. The number of aliphatic imine (C=N–C) groups is 1. The molecule has 11 nitrogen and oxygen atoms in total. The van der Waals surface area contributed by atoms with Crippen LogP contribution in [0.2, 0.25) is 0 Å². The lowest BCUT2D eigenvalue weighted by molar-refractivity contribution is -0.274. The quantitative estimate of drug-likeness (QED) is 0.405. The third-order valence-corrected chi connectivity index (χ3v) is 11.3. The first-order valence-electron chi connectivity index (χ1n) is 14.7. The van der Waals surface area contributed by atoms with Crippen LogP contribution in [0.3, 0.4) is 0 Å². The smallest absolute Gasteiger partial charge is 0.406 e. The van der Waals surface area contributed by atoms with Crippen LogP contribution in [0.4, 0.5) is 18.9 Å². The Morgan fingerprint density at radius 1 is 1.09 bits per heavy atom. The molecule has 1 amide bonds. The summed E-state index contributed by atoms with van der Waals surface area (Å²) in [7, 11) is -7.48. The topological polar surface area (TPSA) is 143 Å². The van der Waals surface area contributed by atoms with E-state index in [1.807, 2.05) is 0 Å². The number of benzene rings is 2. The molecule has 2 aromatic carbocycles. The van der Waals surface area contributed by atoms with Gasteiger partial charge in [-0.2, -0.15) is 4.31 Å². The second-order valence-electron chi connectivity index (χ2n) is 11.7. The SMILES string of the molecule is Cc1cc(NS(=O)(=O)CC2CCOCC2)cc(C)c1C=CS(=O)(=O)N1CCC2(CC1)N=C(c1cccc(OC(F)(F)F)c1)NC2=O. The van der Waals surface area contributed by atoms with E-state index in [4.69, 9.17) is 4.74 Å². The van der Waals surface area contributed by atoms with Gasteiger partial charge >= 0.3 is 6.36 Å². The van der Waals surface area contributed by atoms with Crippen LogP contribution in [0, 0.1) is 19.8 Å². The van der Waals surface area contributed by atoms with Gasteiger partial charge in [-0.05, 0) is 92.5 Å². The summed E-state index contributed by atoms with van der Waals surface area (Å²) in [6.07, 6.45) is -1.87. The number of carbonyl (C=O) groups is 1. The average molecular weight is 685 g/mol. The Bertz CT molecular complexity index is 1740. The zero-order valence-electron chi connectivity index (χ0n) is 25.3. The number of aryl methyl sites for hydroxylation is 2. The maximum absolute atomic E-state index is 13.2. The van der Waals surface area contributed by atoms with E-state index < -0.39 is 43.6 Å². The first-order valence-corrected chi connectivity index (χ1v) is 17.8. The lowest BCUT2D eigenvalue weighted by atomic mass is 9.89. The summed E-state index contributed by atoms with van der Waals surface area (Å²) in [4.78, 5) is 17.4. The predicted molar refractivity (Wildman–Crippen MR) is 166 cm³/mol. The molecule has 3 aliphatic rings. The normalized spacial score (nSPS) is 19.8. The maximum atomic E-state index is 13.2. The summed E-state index contributed by atoms with van der Waals surface area (Å²) in [6, 6.07) is 8.41. The zero-order valence-corrected chi connectivity index (χ0v) is 26.9. The van der Waals surface area contributed by atoms with E-state index in [2.05, 4.69) is 19.8 Å². The number of nitrogens with zero attached hydrogens (tertiary/aromatic N) is 2. The maximum Gasteiger partial charge on any atom is 0.573 e. The molecular weight excluding hydrogens is 649 g/mol. The van der Waals surface area contributed by atoms with Gasteiger partial charge in [-0.25, -0.2) is 16.8 Å². The molecule has 0 atom stereocenters. The van der Waals surface area contributed by atoms with Crippen LogP contribution in [0.25, 0.3) is 6.08 Å². The first-order chi connectivity index (χ1) is 21.5. The summed E-state index contributed by atoms with van der Waals surface area (Å²) in [5, 5.41) is 3.70. The van der Waals surface area contributed by atoms with E-state index >= 15 is 0 Å². The Morgan fingerprint density at radius 2 is 1.74 bits per heavy atom. The number of alkyl halides is 3. The van der Waals surface area contributed by atoms with Crippen molar-refractivity contribution in [2.75, 3.05) is 36.8 Å². The highest BCUT2D eigenvalue weighted by molar-refractivity contribution is 7.92. The van der Waals surface area contributed by atoms with Gasteiger partial charge in [0.15, 0.2) is 0 Å². The van der Waals surface area contributed by atoms with Crippen molar-refractivity contribution in [1.29, 1.82) is 0 Å². The van der Waals surface area contributed by atoms with Gasteiger partial charge in [-0.1, -0.05) is 12.1 Å². The summed E-state index contributed by atoms with van der Waals surface area (Å²) in [5.41, 5.74) is 1.38. The number of sulfonamides is 2. The van der Waals surface area contributed by atoms with Gasteiger partial charge in [-0.15, -0.1) is 13.2 Å². The molecule has 1 spiro atoms. The molecule has 0 unspecified atom stereocenters. The van der Waals surface area contributed by atoms with Crippen molar-refractivity contribution in [1.82, 2.24) is 9.62 Å². The standard InChI is InChI=1S/C30H35F3N4O7S2/c1-20-16-24(36-45(39,40)19-22-6-13-43-14-7-22)17-21(2)26(20)8-15-46(41,42)37-11-9-29(10-12-37)28(38)34-27(35-29)23-4-3-5-25(18-23)44-30(31,32)33/h3-5,8,15-18,22,36H,6-7,9-14,19H2,1-2H3,(H,34,35,38). The van der Waals surface area contributed by atoms with Crippen LogP contribution in [0.1, 0.15) is 47.9 Å². The molecule has 0 radical (unpaired) electrons. The Kier molecular flexibility index (Phi) is 9.55. The molecule has 46 heavy (non-hydrogen) atoms. The monoisotopic (exact) mass is 684 g/mol. The van der Waals surface area contributed by atoms with Crippen molar-refractivity contribution in [2.24, 2.45) is 10.9 Å². The van der Waals surface area contributed by atoms with Crippen LogP contribution >= 0.6 is 0 Å². The van der Waals surface area contributed by atoms with Crippen LogP contribution in [-0.4, -0.2) is 76.8 Å². The average Bonchev–Trinajstić information content (AvgIpc) is 3.27. The summed E-state index contributed by atoms with van der Waals surface area (Å²) in [6.45, 7) is 4.62. The molecule has 0 aromatic heterocycles. The Labute approximate surface area is 266 Å². The van der Waals surface area contributed by atoms with Gasteiger partial charge in [0, 0.05) is 43.0 Å². The van der Waals surface area contributed by atoms with Gasteiger partial charge in [-0.3, -0.25) is 14.5 Å². The molecule has 2 N–H and O–H groups in total. The number of amidine groups is 1. The Morgan fingerprint density at radius 3 is 2.37 bits per heavy atom. The molecule has 0 aliphatic carbocycles. The molecule has 5 rings (SSSR count). The number of piperidine rings is 1. The van der Waals surface area contributed by atoms with Gasteiger partial charge in [0.2, 0.25) is 20.0 Å². The van der Waals surface area contributed by atoms with Crippen molar-refractivity contribution >= 4 is 43.6 Å². The van der Waals surface area contributed by atoms with E-state index in [0.29, 0.717) is 48.4 Å². The first kappa shape index (κ1) is 33.9. The molecule has 2 aromatic rings. The van der Waals surface area contributed by atoms with Gasteiger partial charge < -0.3 is 14.8 Å². The van der Waals surface area contributed by atoms with E-state index in [1.54, 1.807) is 26.0 Å². The number of hydrogen-bond acceptors (Lipinski definition) is 8. The highest BCUT2D eigenvalue weighted by Gasteiger charge is 2.47.